The van der Waals surface area contributed by atoms with Crippen molar-refractivity contribution in [2.45, 2.75) is 97.1 Å². The molecule has 3 rings (SSSR count). The van der Waals surface area contributed by atoms with Crippen LogP contribution < -0.4 is 0 Å². The molecule has 1 heterocycles. The molecular formula is C28H48N2O3Si. The van der Waals surface area contributed by atoms with Gasteiger partial charge in [0, 0.05) is 38.3 Å². The van der Waals surface area contributed by atoms with Crippen molar-refractivity contribution >= 4 is 14.4 Å². The van der Waals surface area contributed by atoms with Crippen LogP contribution in [0.5, 0.6) is 0 Å². The van der Waals surface area contributed by atoms with Gasteiger partial charge in [0.05, 0.1) is 0 Å². The summed E-state index contributed by atoms with van der Waals surface area (Å²) >= 11 is 0. The summed E-state index contributed by atoms with van der Waals surface area (Å²) in [5, 5.41) is 0.189. The Balaban J connectivity index is 1.76. The first-order valence-electron chi connectivity index (χ1n) is 13.1. The Morgan fingerprint density at radius 1 is 1.06 bits per heavy atom. The second-order valence-corrected chi connectivity index (χ2v) is 17.8. The van der Waals surface area contributed by atoms with E-state index in [1.165, 1.54) is 5.56 Å². The molecule has 1 aromatic rings. The number of ether oxygens (including phenoxy) is 1. The van der Waals surface area contributed by atoms with E-state index in [1.807, 2.05) is 25.7 Å². The molecule has 2 fully saturated rings. The van der Waals surface area contributed by atoms with E-state index in [0.717, 1.165) is 39.1 Å². The lowest BCUT2D eigenvalue weighted by Gasteiger charge is -2.38. The van der Waals surface area contributed by atoms with Crippen molar-refractivity contribution in [1.82, 2.24) is 9.80 Å². The molecule has 1 amide bonds. The van der Waals surface area contributed by atoms with Gasteiger partial charge in [-0.1, -0.05) is 51.1 Å². The largest absolute Gasteiger partial charge is 0.444 e. The molecule has 1 saturated carbocycles. The van der Waals surface area contributed by atoms with E-state index in [0.29, 0.717) is 23.9 Å². The summed E-state index contributed by atoms with van der Waals surface area (Å²) in [6.07, 6.45) is 2.01. The van der Waals surface area contributed by atoms with Crippen LogP contribution in [0.4, 0.5) is 4.79 Å². The summed E-state index contributed by atoms with van der Waals surface area (Å²) < 4.78 is 12.5. The van der Waals surface area contributed by atoms with Crippen LogP contribution >= 0.6 is 0 Å². The number of hydrogen-bond acceptors (Lipinski definition) is 4. The summed E-state index contributed by atoms with van der Waals surface area (Å²) in [5.74, 6) is 0.785. The zero-order chi connectivity index (χ0) is 25.3. The maximum absolute atomic E-state index is 13.1. The van der Waals surface area contributed by atoms with Gasteiger partial charge in [-0.05, 0) is 76.1 Å². The lowest BCUT2D eigenvalue weighted by atomic mass is 9.96. The quantitative estimate of drug-likeness (QED) is 0.381. The topological polar surface area (TPSA) is 42.0 Å². The summed E-state index contributed by atoms with van der Waals surface area (Å²) in [6.45, 7) is 23.2. The molecular weight excluding hydrogens is 440 g/mol. The molecule has 1 aliphatic heterocycles. The summed E-state index contributed by atoms with van der Waals surface area (Å²) in [5.41, 5.74) is 0.872. The van der Waals surface area contributed by atoms with Gasteiger partial charge in [-0.3, -0.25) is 4.90 Å². The van der Waals surface area contributed by atoms with E-state index in [2.05, 4.69) is 76.0 Å². The van der Waals surface area contributed by atoms with Crippen LogP contribution in [-0.4, -0.2) is 62.1 Å². The van der Waals surface area contributed by atoms with Crippen LogP contribution in [0.25, 0.3) is 0 Å². The molecule has 0 spiro atoms. The Bertz CT molecular complexity index is 811. The van der Waals surface area contributed by atoms with Crippen molar-refractivity contribution in [1.29, 1.82) is 0 Å². The highest BCUT2D eigenvalue weighted by atomic mass is 28.4. The Labute approximate surface area is 209 Å². The monoisotopic (exact) mass is 488 g/mol. The minimum Gasteiger partial charge on any atom is -0.444 e. The molecule has 192 valence electrons. The molecule has 5 nitrogen and oxygen atoms in total. The third-order valence-electron chi connectivity index (χ3n) is 7.95. The van der Waals surface area contributed by atoms with E-state index in [4.69, 9.17) is 9.16 Å². The molecule has 1 aromatic carbocycles. The Morgan fingerprint density at radius 2 is 1.65 bits per heavy atom. The van der Waals surface area contributed by atoms with Gasteiger partial charge in [-0.15, -0.1) is 0 Å². The number of likely N-dealkylation sites (tertiary alicyclic amines) is 1. The molecule has 2 aliphatic rings. The van der Waals surface area contributed by atoms with Gasteiger partial charge < -0.3 is 14.1 Å². The Hall–Kier alpha value is -1.37. The van der Waals surface area contributed by atoms with Gasteiger partial charge in [0.15, 0.2) is 8.32 Å². The molecule has 6 heteroatoms. The van der Waals surface area contributed by atoms with Crippen molar-refractivity contribution in [3.05, 3.63) is 35.9 Å². The predicted molar refractivity (Wildman–Crippen MR) is 143 cm³/mol. The molecule has 0 unspecified atom stereocenters. The Morgan fingerprint density at radius 3 is 2.18 bits per heavy atom. The fourth-order valence-corrected chi connectivity index (χ4v) is 5.56. The molecule has 1 aliphatic carbocycles. The molecule has 0 N–H and O–H groups in total. The average Bonchev–Trinajstić information content (AvgIpc) is 3.48. The van der Waals surface area contributed by atoms with E-state index >= 15 is 0 Å². The number of carbonyl (C=O) groups is 1. The minimum absolute atomic E-state index is 0.159. The number of benzene rings is 1. The van der Waals surface area contributed by atoms with Crippen molar-refractivity contribution in [3.8, 4) is 0 Å². The van der Waals surface area contributed by atoms with E-state index in [9.17, 15) is 4.79 Å². The molecule has 0 bridgehead atoms. The SMILES string of the molecule is C[C@@H](c1ccccc1)N1C[C@@H](CO[Si](C)(C)C(C)(C)C)[C@@H](CN(C(=O)OC(C)(C)C)C2CC2)C1. The van der Waals surface area contributed by atoms with Gasteiger partial charge in [0.1, 0.15) is 5.60 Å². The highest BCUT2D eigenvalue weighted by Gasteiger charge is 2.44. The van der Waals surface area contributed by atoms with Crippen LogP contribution in [0.1, 0.15) is 72.9 Å². The lowest BCUT2D eigenvalue weighted by Crippen LogP contribution is -2.45. The first-order valence-corrected chi connectivity index (χ1v) is 16.0. The third kappa shape index (κ3) is 7.08. The smallest absolute Gasteiger partial charge is 0.410 e. The second kappa shape index (κ2) is 10.3. The highest BCUT2D eigenvalue weighted by molar-refractivity contribution is 6.74. The maximum atomic E-state index is 13.1. The van der Waals surface area contributed by atoms with Gasteiger partial charge in [-0.25, -0.2) is 4.79 Å². The highest BCUT2D eigenvalue weighted by Crippen LogP contribution is 2.39. The fraction of sp³-hybridized carbons (Fsp3) is 0.750. The molecule has 0 aromatic heterocycles. The Kier molecular flexibility index (Phi) is 8.26. The first kappa shape index (κ1) is 27.2. The van der Waals surface area contributed by atoms with E-state index in [1.54, 1.807) is 0 Å². The van der Waals surface area contributed by atoms with Crippen LogP contribution in [0.2, 0.25) is 18.1 Å². The number of carbonyl (C=O) groups excluding carboxylic acids is 1. The number of nitrogens with zero attached hydrogens (tertiary/aromatic N) is 2. The summed E-state index contributed by atoms with van der Waals surface area (Å²) in [7, 11) is -1.84. The first-order chi connectivity index (χ1) is 15.7. The van der Waals surface area contributed by atoms with Gasteiger partial charge in [0.2, 0.25) is 0 Å². The molecule has 0 radical (unpaired) electrons. The zero-order valence-corrected chi connectivity index (χ0v) is 24.1. The van der Waals surface area contributed by atoms with Gasteiger partial charge in [-0.2, -0.15) is 0 Å². The second-order valence-electron chi connectivity index (χ2n) is 13.0. The predicted octanol–water partition coefficient (Wildman–Crippen LogP) is 6.72. The van der Waals surface area contributed by atoms with E-state index < -0.39 is 13.9 Å². The third-order valence-corrected chi connectivity index (χ3v) is 12.4. The van der Waals surface area contributed by atoms with Crippen LogP contribution in [0, 0.1) is 11.8 Å². The fourth-order valence-electron chi connectivity index (χ4n) is 4.49. The van der Waals surface area contributed by atoms with Crippen LogP contribution in [-0.2, 0) is 9.16 Å². The number of amides is 1. The maximum Gasteiger partial charge on any atom is 0.410 e. The summed E-state index contributed by atoms with van der Waals surface area (Å²) in [6, 6.07) is 11.4. The standard InChI is InChI=1S/C28H48N2O3Si/c1-21(22-13-11-10-12-14-22)29-17-23(24(18-29)20-32-34(8,9)28(5,6)7)19-30(25-15-16-25)26(31)33-27(2,3)4/h10-14,21,23-25H,15-20H2,1-9H3/t21-,23+,24-/m0/s1. The minimum atomic E-state index is -1.84. The zero-order valence-electron chi connectivity index (χ0n) is 23.1. The summed E-state index contributed by atoms with van der Waals surface area (Å²) in [4.78, 5) is 17.7. The van der Waals surface area contributed by atoms with Crippen molar-refractivity contribution in [2.75, 3.05) is 26.2 Å². The van der Waals surface area contributed by atoms with Crippen LogP contribution in [0.15, 0.2) is 30.3 Å². The lowest BCUT2D eigenvalue weighted by molar-refractivity contribution is 0.0184. The molecule has 34 heavy (non-hydrogen) atoms. The number of rotatable bonds is 8. The van der Waals surface area contributed by atoms with Crippen LogP contribution in [0.3, 0.4) is 0 Å². The van der Waals surface area contributed by atoms with Gasteiger partial charge >= 0.3 is 6.09 Å². The van der Waals surface area contributed by atoms with E-state index in [-0.39, 0.29) is 11.1 Å². The molecule has 1 saturated heterocycles. The van der Waals surface area contributed by atoms with Gasteiger partial charge in [0.25, 0.3) is 0 Å². The molecule has 3 atom stereocenters. The van der Waals surface area contributed by atoms with Crippen molar-refractivity contribution in [3.63, 3.8) is 0 Å². The normalized spacial score (nSPS) is 23.1. The van der Waals surface area contributed by atoms with Crippen molar-refractivity contribution < 1.29 is 14.0 Å². The average molecular weight is 489 g/mol. The van der Waals surface area contributed by atoms with Crippen molar-refractivity contribution in [2.24, 2.45) is 11.8 Å². The number of hydrogen-bond donors (Lipinski definition) is 0.